The number of nitrogens with zero attached hydrogens (tertiary/aromatic N) is 1. The zero-order valence-electron chi connectivity index (χ0n) is 13.2. The van der Waals surface area contributed by atoms with E-state index >= 15 is 0 Å². The van der Waals surface area contributed by atoms with Gasteiger partial charge in [0.25, 0.3) is 0 Å². The Kier molecular flexibility index (Phi) is 4.43. The van der Waals surface area contributed by atoms with E-state index in [1.807, 2.05) is 6.92 Å². The van der Waals surface area contributed by atoms with Crippen LogP contribution in [0.2, 0.25) is 0 Å². The molecule has 1 aromatic rings. The fourth-order valence-electron chi connectivity index (χ4n) is 3.58. The summed E-state index contributed by atoms with van der Waals surface area (Å²) in [6.07, 6.45) is 4.12. The van der Waals surface area contributed by atoms with Crippen LogP contribution in [-0.2, 0) is 10.0 Å². The summed E-state index contributed by atoms with van der Waals surface area (Å²) in [6.45, 7) is 2.41. The van der Waals surface area contributed by atoms with Gasteiger partial charge in [0.2, 0.25) is 10.0 Å². The predicted molar refractivity (Wildman–Crippen MR) is 85.5 cm³/mol. The molecule has 5 nitrogen and oxygen atoms in total. The average molecular weight is 324 g/mol. The maximum atomic E-state index is 12.9. The molecule has 6 heteroatoms. The van der Waals surface area contributed by atoms with E-state index in [1.54, 1.807) is 35.6 Å². The number of sulfonamides is 1. The monoisotopic (exact) mass is 324 g/mol. The Balaban J connectivity index is 1.81. The molecule has 122 valence electrons. The van der Waals surface area contributed by atoms with Crippen molar-refractivity contribution in [3.8, 4) is 5.75 Å². The highest BCUT2D eigenvalue weighted by atomic mass is 32.2. The van der Waals surface area contributed by atoms with Crippen molar-refractivity contribution >= 4 is 10.0 Å². The van der Waals surface area contributed by atoms with E-state index < -0.39 is 10.0 Å². The third-order valence-corrected chi connectivity index (χ3v) is 6.66. The Morgan fingerprint density at radius 3 is 2.59 bits per heavy atom. The largest absolute Gasteiger partial charge is 0.494 e. The molecular weight excluding hydrogens is 300 g/mol. The lowest BCUT2D eigenvalue weighted by molar-refractivity contribution is 0.251. The summed E-state index contributed by atoms with van der Waals surface area (Å²) in [6, 6.07) is 7.80. The topological polar surface area (TPSA) is 58.6 Å². The molecule has 2 atom stereocenters. The number of piperidine rings is 1. The second kappa shape index (κ2) is 6.18. The van der Waals surface area contributed by atoms with Crippen LogP contribution in [0.15, 0.2) is 29.2 Å². The fourth-order valence-corrected chi connectivity index (χ4v) is 4.99. The van der Waals surface area contributed by atoms with Gasteiger partial charge < -0.3 is 10.1 Å². The summed E-state index contributed by atoms with van der Waals surface area (Å²) in [4.78, 5) is 0.312. The first-order chi connectivity index (χ1) is 10.5. The van der Waals surface area contributed by atoms with Crippen molar-refractivity contribution in [3.05, 3.63) is 24.3 Å². The standard InChI is InChI=1S/C16H24N2O3S/c1-3-21-15-5-4-6-16(11-15)22(19,20)18(2)14-9-12-7-8-13(10-14)17-12/h4-6,11-14,17H,3,7-10H2,1-2H3. The van der Waals surface area contributed by atoms with Crippen LogP contribution in [0.25, 0.3) is 0 Å². The molecule has 2 heterocycles. The zero-order valence-corrected chi connectivity index (χ0v) is 14.0. The lowest BCUT2D eigenvalue weighted by atomic mass is 10.0. The first-order valence-electron chi connectivity index (χ1n) is 7.97. The Bertz CT molecular complexity index is 620. The molecule has 1 N–H and O–H groups in total. The number of fused-ring (bicyclic) bond motifs is 2. The van der Waals surface area contributed by atoms with Crippen LogP contribution < -0.4 is 10.1 Å². The number of hydrogen-bond donors (Lipinski definition) is 1. The minimum absolute atomic E-state index is 0.0829. The van der Waals surface area contributed by atoms with Crippen LogP contribution in [0.1, 0.15) is 32.6 Å². The molecule has 2 saturated heterocycles. The summed E-state index contributed by atoms with van der Waals surface area (Å²) in [5, 5.41) is 3.55. The molecule has 3 rings (SSSR count). The van der Waals surface area contributed by atoms with Gasteiger partial charge in [0, 0.05) is 31.2 Å². The van der Waals surface area contributed by atoms with Crippen LogP contribution in [0.4, 0.5) is 0 Å². The summed E-state index contributed by atoms with van der Waals surface area (Å²) < 4.78 is 32.7. The Labute approximate surface area is 132 Å². The molecule has 0 spiro atoms. The lowest BCUT2D eigenvalue weighted by Crippen LogP contribution is -2.48. The summed E-state index contributed by atoms with van der Waals surface area (Å²) in [5.74, 6) is 0.599. The van der Waals surface area contributed by atoms with Gasteiger partial charge in [-0.3, -0.25) is 0 Å². The van der Waals surface area contributed by atoms with E-state index in [0.29, 0.717) is 29.3 Å². The Morgan fingerprint density at radius 1 is 1.27 bits per heavy atom. The summed E-state index contributed by atoms with van der Waals surface area (Å²) in [5.41, 5.74) is 0. The minimum Gasteiger partial charge on any atom is -0.494 e. The molecule has 2 bridgehead atoms. The Hall–Kier alpha value is -1.11. The maximum Gasteiger partial charge on any atom is 0.243 e. The number of nitrogens with one attached hydrogen (secondary N) is 1. The van der Waals surface area contributed by atoms with Crippen LogP contribution >= 0.6 is 0 Å². The molecule has 0 saturated carbocycles. The molecule has 0 aromatic heterocycles. The minimum atomic E-state index is -3.47. The number of rotatable bonds is 5. The quantitative estimate of drug-likeness (QED) is 0.900. The van der Waals surface area contributed by atoms with Crippen LogP contribution in [0.5, 0.6) is 5.75 Å². The van der Waals surface area contributed by atoms with E-state index in [9.17, 15) is 8.42 Å². The van der Waals surface area contributed by atoms with E-state index in [-0.39, 0.29) is 6.04 Å². The number of hydrogen-bond acceptors (Lipinski definition) is 4. The molecule has 0 aliphatic carbocycles. The Morgan fingerprint density at radius 2 is 1.95 bits per heavy atom. The van der Waals surface area contributed by atoms with E-state index in [1.165, 1.54) is 0 Å². The van der Waals surface area contributed by atoms with Crippen molar-refractivity contribution < 1.29 is 13.2 Å². The highest BCUT2D eigenvalue weighted by molar-refractivity contribution is 7.89. The summed E-state index contributed by atoms with van der Waals surface area (Å²) in [7, 11) is -1.77. The predicted octanol–water partition coefficient (Wildman–Crippen LogP) is 1.99. The van der Waals surface area contributed by atoms with Crippen LogP contribution in [-0.4, -0.2) is 44.5 Å². The first kappa shape index (κ1) is 15.8. The van der Waals surface area contributed by atoms with E-state index in [4.69, 9.17) is 4.74 Å². The van der Waals surface area contributed by atoms with Gasteiger partial charge in [0.1, 0.15) is 5.75 Å². The van der Waals surface area contributed by atoms with Crippen molar-refractivity contribution in [2.24, 2.45) is 0 Å². The van der Waals surface area contributed by atoms with Crippen molar-refractivity contribution in [3.63, 3.8) is 0 Å². The normalized spacial score (nSPS) is 28.0. The van der Waals surface area contributed by atoms with Crippen LogP contribution in [0.3, 0.4) is 0 Å². The van der Waals surface area contributed by atoms with Gasteiger partial charge in [-0.1, -0.05) is 6.07 Å². The van der Waals surface area contributed by atoms with E-state index in [2.05, 4.69) is 5.32 Å². The van der Waals surface area contributed by atoms with Crippen LogP contribution in [0, 0.1) is 0 Å². The highest BCUT2D eigenvalue weighted by Crippen LogP contribution is 2.32. The van der Waals surface area contributed by atoms with Crippen molar-refractivity contribution in [2.75, 3.05) is 13.7 Å². The average Bonchev–Trinajstić information content (AvgIpc) is 2.85. The zero-order chi connectivity index (χ0) is 15.7. The molecule has 2 aliphatic rings. The first-order valence-corrected chi connectivity index (χ1v) is 9.41. The van der Waals surface area contributed by atoms with Gasteiger partial charge in [-0.25, -0.2) is 8.42 Å². The van der Waals surface area contributed by atoms with Gasteiger partial charge in [0.05, 0.1) is 11.5 Å². The fraction of sp³-hybridized carbons (Fsp3) is 0.625. The molecule has 2 fully saturated rings. The number of benzene rings is 1. The lowest BCUT2D eigenvalue weighted by Gasteiger charge is -2.34. The second-order valence-corrected chi connectivity index (χ2v) is 8.19. The van der Waals surface area contributed by atoms with Gasteiger partial charge in [0.15, 0.2) is 0 Å². The van der Waals surface area contributed by atoms with Crippen molar-refractivity contribution in [1.82, 2.24) is 9.62 Å². The number of ether oxygens (including phenoxy) is 1. The van der Waals surface area contributed by atoms with Gasteiger partial charge in [-0.2, -0.15) is 4.31 Å². The van der Waals surface area contributed by atoms with E-state index in [0.717, 1.165) is 25.7 Å². The molecule has 22 heavy (non-hydrogen) atoms. The third-order valence-electron chi connectivity index (χ3n) is 4.76. The van der Waals surface area contributed by atoms with Gasteiger partial charge in [-0.05, 0) is 44.7 Å². The SMILES string of the molecule is CCOc1cccc(S(=O)(=O)N(C)C2CC3CCC(C2)N3)c1. The molecule has 2 unspecified atom stereocenters. The second-order valence-electron chi connectivity index (χ2n) is 6.19. The smallest absolute Gasteiger partial charge is 0.243 e. The highest BCUT2D eigenvalue weighted by Gasteiger charge is 2.38. The van der Waals surface area contributed by atoms with Gasteiger partial charge >= 0.3 is 0 Å². The molecule has 0 radical (unpaired) electrons. The molecule has 0 amide bonds. The van der Waals surface area contributed by atoms with Crippen molar-refractivity contribution in [1.29, 1.82) is 0 Å². The molecule has 2 aliphatic heterocycles. The van der Waals surface area contributed by atoms with Crippen molar-refractivity contribution in [2.45, 2.75) is 55.6 Å². The maximum absolute atomic E-state index is 12.9. The van der Waals surface area contributed by atoms with Gasteiger partial charge in [-0.15, -0.1) is 0 Å². The molecular formula is C16H24N2O3S. The third kappa shape index (κ3) is 3.00. The summed E-state index contributed by atoms with van der Waals surface area (Å²) >= 11 is 0. The molecule has 1 aromatic carbocycles.